The zero-order chi connectivity index (χ0) is 12.5. The van der Waals surface area contributed by atoms with Gasteiger partial charge < -0.3 is 5.32 Å². The maximum atomic E-state index is 3.62. The maximum Gasteiger partial charge on any atom is 0.0263 e. The van der Waals surface area contributed by atoms with E-state index in [9.17, 15) is 0 Å². The van der Waals surface area contributed by atoms with E-state index in [0.717, 1.165) is 29.8 Å². The molecule has 0 amide bonds. The molecule has 3 rings (SSSR count). The van der Waals surface area contributed by atoms with Crippen molar-refractivity contribution in [2.24, 2.45) is 17.8 Å². The number of piperidine rings is 1. The molecule has 2 nitrogen and oxygen atoms in total. The van der Waals surface area contributed by atoms with Crippen LogP contribution in [0.5, 0.6) is 0 Å². The second-order valence-corrected chi connectivity index (χ2v) is 7.18. The standard InChI is InChI=1S/C16H30N2/c1-12(2)13-5-7-15(8-6-13)18-9-3-4-14-10-17-11-16(14)18/h12-17H,3-11H2,1-2H3. The highest BCUT2D eigenvalue weighted by molar-refractivity contribution is 4.95. The van der Waals surface area contributed by atoms with Crippen molar-refractivity contribution in [3.63, 3.8) is 0 Å². The Kier molecular flexibility index (Phi) is 3.95. The quantitative estimate of drug-likeness (QED) is 0.811. The molecule has 0 aromatic rings. The molecule has 0 radical (unpaired) electrons. The van der Waals surface area contributed by atoms with E-state index in [1.54, 1.807) is 0 Å². The van der Waals surface area contributed by atoms with Gasteiger partial charge in [-0.05, 0) is 69.4 Å². The van der Waals surface area contributed by atoms with Crippen molar-refractivity contribution in [1.82, 2.24) is 10.2 Å². The third kappa shape index (κ3) is 2.46. The Bertz CT molecular complexity index is 268. The lowest BCUT2D eigenvalue weighted by molar-refractivity contribution is 0.0450. The van der Waals surface area contributed by atoms with Crippen LogP contribution in [-0.4, -0.2) is 36.6 Å². The van der Waals surface area contributed by atoms with Gasteiger partial charge in [-0.25, -0.2) is 0 Å². The van der Waals surface area contributed by atoms with E-state index in [2.05, 4.69) is 24.1 Å². The Morgan fingerprint density at radius 3 is 2.50 bits per heavy atom. The Morgan fingerprint density at radius 2 is 1.78 bits per heavy atom. The summed E-state index contributed by atoms with van der Waals surface area (Å²) in [5.41, 5.74) is 0. The number of fused-ring (bicyclic) bond motifs is 1. The van der Waals surface area contributed by atoms with E-state index < -0.39 is 0 Å². The predicted molar refractivity (Wildman–Crippen MR) is 76.7 cm³/mol. The minimum absolute atomic E-state index is 0.874. The fourth-order valence-corrected chi connectivity index (χ4v) is 4.66. The van der Waals surface area contributed by atoms with Gasteiger partial charge in [0.25, 0.3) is 0 Å². The number of nitrogens with one attached hydrogen (secondary N) is 1. The third-order valence-electron chi connectivity index (χ3n) is 5.87. The summed E-state index contributed by atoms with van der Waals surface area (Å²) in [5.74, 6) is 2.86. The smallest absolute Gasteiger partial charge is 0.0263 e. The van der Waals surface area contributed by atoms with Gasteiger partial charge in [0, 0.05) is 18.6 Å². The van der Waals surface area contributed by atoms with Gasteiger partial charge in [0.1, 0.15) is 0 Å². The zero-order valence-electron chi connectivity index (χ0n) is 12.2. The zero-order valence-corrected chi connectivity index (χ0v) is 12.2. The minimum Gasteiger partial charge on any atom is -0.315 e. The molecule has 104 valence electrons. The number of hydrogen-bond donors (Lipinski definition) is 1. The Morgan fingerprint density at radius 1 is 1.00 bits per heavy atom. The number of hydrogen-bond acceptors (Lipinski definition) is 2. The first kappa shape index (κ1) is 12.9. The van der Waals surface area contributed by atoms with Gasteiger partial charge in [-0.2, -0.15) is 0 Å². The fourth-order valence-electron chi connectivity index (χ4n) is 4.66. The summed E-state index contributed by atoms with van der Waals surface area (Å²) in [6.07, 6.45) is 8.79. The third-order valence-corrected chi connectivity index (χ3v) is 5.87. The van der Waals surface area contributed by atoms with E-state index in [-0.39, 0.29) is 0 Å². The van der Waals surface area contributed by atoms with Crippen molar-refractivity contribution >= 4 is 0 Å². The molecule has 0 aromatic carbocycles. The van der Waals surface area contributed by atoms with Crippen LogP contribution in [0.15, 0.2) is 0 Å². The second kappa shape index (κ2) is 5.50. The molecule has 2 atom stereocenters. The summed E-state index contributed by atoms with van der Waals surface area (Å²) in [7, 11) is 0. The van der Waals surface area contributed by atoms with Crippen molar-refractivity contribution < 1.29 is 0 Å². The highest BCUT2D eigenvalue weighted by atomic mass is 15.2. The van der Waals surface area contributed by atoms with Crippen molar-refractivity contribution in [1.29, 1.82) is 0 Å². The molecule has 0 bridgehead atoms. The molecule has 0 spiro atoms. The second-order valence-electron chi connectivity index (χ2n) is 7.18. The summed E-state index contributed by atoms with van der Waals surface area (Å²) in [5, 5.41) is 3.62. The average Bonchev–Trinajstić information content (AvgIpc) is 2.87. The van der Waals surface area contributed by atoms with Crippen LogP contribution in [0.2, 0.25) is 0 Å². The summed E-state index contributed by atoms with van der Waals surface area (Å²) in [4.78, 5) is 2.89. The van der Waals surface area contributed by atoms with Crippen molar-refractivity contribution in [2.45, 2.75) is 64.5 Å². The Balaban J connectivity index is 1.58. The van der Waals surface area contributed by atoms with Gasteiger partial charge in [-0.1, -0.05) is 13.8 Å². The Hall–Kier alpha value is -0.0800. The first-order valence-electron chi connectivity index (χ1n) is 8.22. The average molecular weight is 250 g/mol. The lowest BCUT2D eigenvalue weighted by Gasteiger charge is -2.45. The molecule has 1 aliphatic carbocycles. The number of nitrogens with zero attached hydrogens (tertiary/aromatic N) is 1. The molecular formula is C16H30N2. The monoisotopic (exact) mass is 250 g/mol. The van der Waals surface area contributed by atoms with Crippen LogP contribution in [0, 0.1) is 17.8 Å². The molecule has 3 fully saturated rings. The van der Waals surface area contributed by atoms with Crippen molar-refractivity contribution in [3.8, 4) is 0 Å². The molecule has 0 aromatic heterocycles. The number of rotatable bonds is 2. The van der Waals surface area contributed by atoms with Crippen LogP contribution < -0.4 is 5.32 Å². The lowest BCUT2D eigenvalue weighted by Crippen LogP contribution is -2.51. The van der Waals surface area contributed by atoms with Crippen molar-refractivity contribution in [3.05, 3.63) is 0 Å². The summed E-state index contributed by atoms with van der Waals surface area (Å²) in [6, 6.07) is 1.78. The number of likely N-dealkylation sites (tertiary alicyclic amines) is 1. The van der Waals surface area contributed by atoms with E-state index in [1.807, 2.05) is 0 Å². The van der Waals surface area contributed by atoms with Crippen LogP contribution in [0.1, 0.15) is 52.4 Å². The first-order valence-corrected chi connectivity index (χ1v) is 8.22. The van der Waals surface area contributed by atoms with E-state index >= 15 is 0 Å². The summed E-state index contributed by atoms with van der Waals surface area (Å²) >= 11 is 0. The van der Waals surface area contributed by atoms with E-state index in [4.69, 9.17) is 0 Å². The molecular weight excluding hydrogens is 220 g/mol. The molecule has 1 N–H and O–H groups in total. The SMILES string of the molecule is CC(C)C1CCC(N2CCCC3CNCC32)CC1. The predicted octanol–water partition coefficient (Wildman–Crippen LogP) is 2.89. The lowest BCUT2D eigenvalue weighted by atomic mass is 9.78. The molecule has 2 aliphatic heterocycles. The minimum atomic E-state index is 0.874. The summed E-state index contributed by atoms with van der Waals surface area (Å²) < 4.78 is 0. The summed E-state index contributed by atoms with van der Waals surface area (Å²) in [6.45, 7) is 8.72. The van der Waals surface area contributed by atoms with Gasteiger partial charge in [0.15, 0.2) is 0 Å². The fraction of sp³-hybridized carbons (Fsp3) is 1.00. The molecule has 2 unspecified atom stereocenters. The molecule has 18 heavy (non-hydrogen) atoms. The van der Waals surface area contributed by atoms with Gasteiger partial charge in [-0.3, -0.25) is 4.90 Å². The normalized spacial score (nSPS) is 42.2. The first-order chi connectivity index (χ1) is 8.75. The van der Waals surface area contributed by atoms with Crippen molar-refractivity contribution in [2.75, 3.05) is 19.6 Å². The highest BCUT2D eigenvalue weighted by Gasteiger charge is 2.39. The van der Waals surface area contributed by atoms with Crippen LogP contribution >= 0.6 is 0 Å². The van der Waals surface area contributed by atoms with Crippen LogP contribution in [0.25, 0.3) is 0 Å². The van der Waals surface area contributed by atoms with E-state index in [1.165, 1.54) is 58.2 Å². The molecule has 2 saturated heterocycles. The van der Waals surface area contributed by atoms with Crippen LogP contribution in [-0.2, 0) is 0 Å². The van der Waals surface area contributed by atoms with Crippen LogP contribution in [0.4, 0.5) is 0 Å². The topological polar surface area (TPSA) is 15.3 Å². The highest BCUT2D eigenvalue weighted by Crippen LogP contribution is 2.36. The van der Waals surface area contributed by atoms with Gasteiger partial charge in [-0.15, -0.1) is 0 Å². The van der Waals surface area contributed by atoms with Gasteiger partial charge >= 0.3 is 0 Å². The molecule has 2 heteroatoms. The van der Waals surface area contributed by atoms with E-state index in [0.29, 0.717) is 0 Å². The molecule has 2 heterocycles. The molecule has 3 aliphatic rings. The Labute approximate surface area is 113 Å². The van der Waals surface area contributed by atoms with Crippen LogP contribution in [0.3, 0.4) is 0 Å². The molecule has 1 saturated carbocycles. The van der Waals surface area contributed by atoms with Gasteiger partial charge in [0.05, 0.1) is 0 Å². The maximum absolute atomic E-state index is 3.62. The van der Waals surface area contributed by atoms with Gasteiger partial charge in [0.2, 0.25) is 0 Å². The largest absolute Gasteiger partial charge is 0.315 e.